The van der Waals surface area contributed by atoms with E-state index in [0.717, 1.165) is 11.1 Å². The summed E-state index contributed by atoms with van der Waals surface area (Å²) < 4.78 is 0. The number of amides is 3. The molecule has 0 radical (unpaired) electrons. The summed E-state index contributed by atoms with van der Waals surface area (Å²) in [6.07, 6.45) is 6.21. The highest BCUT2D eigenvalue weighted by molar-refractivity contribution is 5.92. The number of hydrogen-bond acceptors (Lipinski definition) is 5. The van der Waals surface area contributed by atoms with Crippen LogP contribution < -0.4 is 10.6 Å². The van der Waals surface area contributed by atoms with Crippen LogP contribution in [0, 0.1) is 6.92 Å². The van der Waals surface area contributed by atoms with Gasteiger partial charge in [-0.25, -0.2) is 4.98 Å². The summed E-state index contributed by atoms with van der Waals surface area (Å²) in [5.74, 6) is -0.594. The summed E-state index contributed by atoms with van der Waals surface area (Å²) in [5, 5.41) is 5.81. The van der Waals surface area contributed by atoms with Gasteiger partial charge < -0.3 is 15.5 Å². The molecule has 2 N–H and O–H groups in total. The van der Waals surface area contributed by atoms with Gasteiger partial charge in [0.25, 0.3) is 5.91 Å². The lowest BCUT2D eigenvalue weighted by Crippen LogP contribution is -2.53. The molecule has 3 amide bonds. The van der Waals surface area contributed by atoms with Gasteiger partial charge in [0.2, 0.25) is 11.8 Å². The number of aromatic nitrogens is 2. The summed E-state index contributed by atoms with van der Waals surface area (Å²) in [5.41, 5.74) is 2.43. The minimum absolute atomic E-state index is 0.0449. The first kappa shape index (κ1) is 21.4. The van der Waals surface area contributed by atoms with Crippen LogP contribution in [0.2, 0.25) is 0 Å². The number of likely N-dealkylation sites (tertiary alicyclic amines) is 1. The Kier molecular flexibility index (Phi) is 7.11. The van der Waals surface area contributed by atoms with E-state index in [-0.39, 0.29) is 23.8 Å². The predicted octanol–water partition coefficient (Wildman–Crippen LogP) is 1.25. The van der Waals surface area contributed by atoms with E-state index >= 15 is 0 Å². The van der Waals surface area contributed by atoms with Crippen molar-refractivity contribution in [1.29, 1.82) is 0 Å². The van der Waals surface area contributed by atoms with Crippen LogP contribution in [0.5, 0.6) is 0 Å². The Morgan fingerprint density at radius 3 is 2.53 bits per heavy atom. The van der Waals surface area contributed by atoms with Gasteiger partial charge in [-0.3, -0.25) is 19.4 Å². The van der Waals surface area contributed by atoms with E-state index in [1.54, 1.807) is 4.90 Å². The quantitative estimate of drug-likeness (QED) is 0.747. The Morgan fingerprint density at radius 1 is 1.17 bits per heavy atom. The molecule has 1 unspecified atom stereocenters. The zero-order chi connectivity index (χ0) is 21.5. The van der Waals surface area contributed by atoms with Gasteiger partial charge in [0, 0.05) is 44.9 Å². The number of nitrogens with zero attached hydrogens (tertiary/aromatic N) is 3. The predicted molar refractivity (Wildman–Crippen MR) is 112 cm³/mol. The highest BCUT2D eigenvalue weighted by Crippen LogP contribution is 2.14. The molecule has 1 aliphatic heterocycles. The van der Waals surface area contributed by atoms with Crippen LogP contribution in [0.15, 0.2) is 42.9 Å². The van der Waals surface area contributed by atoms with E-state index in [1.807, 2.05) is 31.2 Å². The summed E-state index contributed by atoms with van der Waals surface area (Å²) in [4.78, 5) is 46.7. The number of carbonyl (C=O) groups is 3. The molecule has 0 spiro atoms. The summed E-state index contributed by atoms with van der Waals surface area (Å²) >= 11 is 0. The molecule has 0 saturated carbocycles. The lowest BCUT2D eigenvalue weighted by molar-refractivity contribution is -0.128. The number of nitrogens with one attached hydrogen (secondary N) is 2. The Balaban J connectivity index is 1.56. The fourth-order valence-corrected chi connectivity index (χ4v) is 3.61. The molecule has 1 atom stereocenters. The van der Waals surface area contributed by atoms with Crippen molar-refractivity contribution in [2.24, 2.45) is 0 Å². The van der Waals surface area contributed by atoms with Crippen molar-refractivity contribution in [2.75, 3.05) is 13.1 Å². The molecular weight excluding hydrogens is 382 g/mol. The molecule has 1 aromatic heterocycles. The number of piperidine rings is 1. The average molecular weight is 409 g/mol. The molecule has 8 nitrogen and oxygen atoms in total. The van der Waals surface area contributed by atoms with Crippen molar-refractivity contribution < 1.29 is 14.4 Å². The third-order valence-corrected chi connectivity index (χ3v) is 5.29. The topological polar surface area (TPSA) is 104 Å². The van der Waals surface area contributed by atoms with Crippen molar-refractivity contribution in [3.63, 3.8) is 0 Å². The molecule has 1 aromatic carbocycles. The maximum atomic E-state index is 12.9. The Labute approximate surface area is 176 Å². The average Bonchev–Trinajstić information content (AvgIpc) is 2.75. The zero-order valence-electron chi connectivity index (χ0n) is 17.3. The molecule has 3 rings (SSSR count). The normalized spacial score (nSPS) is 15.3. The second kappa shape index (κ2) is 9.96. The van der Waals surface area contributed by atoms with Gasteiger partial charge in [0.05, 0.1) is 6.20 Å². The van der Waals surface area contributed by atoms with E-state index in [2.05, 4.69) is 20.6 Å². The second-order valence-electron chi connectivity index (χ2n) is 7.55. The van der Waals surface area contributed by atoms with Crippen LogP contribution >= 0.6 is 0 Å². The number of aryl methyl sites for hydroxylation is 1. The maximum Gasteiger partial charge on any atom is 0.274 e. The van der Waals surface area contributed by atoms with Crippen LogP contribution in [0.4, 0.5) is 0 Å². The first-order valence-electron chi connectivity index (χ1n) is 10.1. The molecule has 0 aliphatic carbocycles. The van der Waals surface area contributed by atoms with Gasteiger partial charge in [-0.1, -0.05) is 24.3 Å². The monoisotopic (exact) mass is 409 g/mol. The van der Waals surface area contributed by atoms with Crippen molar-refractivity contribution >= 4 is 17.7 Å². The number of benzene rings is 1. The smallest absolute Gasteiger partial charge is 0.274 e. The third-order valence-electron chi connectivity index (χ3n) is 5.29. The number of rotatable bonds is 6. The molecule has 0 bridgehead atoms. The molecule has 2 aromatic rings. The van der Waals surface area contributed by atoms with Crippen LogP contribution in [0.3, 0.4) is 0 Å². The zero-order valence-corrected chi connectivity index (χ0v) is 17.3. The highest BCUT2D eigenvalue weighted by Gasteiger charge is 2.28. The molecule has 158 valence electrons. The van der Waals surface area contributed by atoms with Gasteiger partial charge in [-0.15, -0.1) is 0 Å². The van der Waals surface area contributed by atoms with Crippen LogP contribution in [0.25, 0.3) is 0 Å². The first-order chi connectivity index (χ1) is 14.4. The molecule has 1 aliphatic rings. The van der Waals surface area contributed by atoms with E-state index in [1.165, 1.54) is 25.5 Å². The van der Waals surface area contributed by atoms with Crippen LogP contribution in [-0.4, -0.2) is 57.8 Å². The largest absolute Gasteiger partial charge is 0.351 e. The van der Waals surface area contributed by atoms with Crippen molar-refractivity contribution in [1.82, 2.24) is 25.5 Å². The van der Waals surface area contributed by atoms with Gasteiger partial charge in [0.1, 0.15) is 11.7 Å². The molecule has 2 heterocycles. The highest BCUT2D eigenvalue weighted by atomic mass is 16.2. The van der Waals surface area contributed by atoms with Crippen molar-refractivity contribution in [3.8, 4) is 0 Å². The lowest BCUT2D eigenvalue weighted by Gasteiger charge is -2.33. The maximum absolute atomic E-state index is 12.9. The van der Waals surface area contributed by atoms with Crippen molar-refractivity contribution in [2.45, 2.75) is 45.2 Å². The molecule has 8 heteroatoms. The van der Waals surface area contributed by atoms with Gasteiger partial charge in [-0.2, -0.15) is 0 Å². The molecular formula is C22H27N5O3. The Hall–Kier alpha value is -3.29. The van der Waals surface area contributed by atoms with Crippen LogP contribution in [0.1, 0.15) is 41.4 Å². The fourth-order valence-electron chi connectivity index (χ4n) is 3.61. The Bertz CT molecular complexity index is 895. The first-order valence-corrected chi connectivity index (χ1v) is 10.1. The van der Waals surface area contributed by atoms with E-state index in [4.69, 9.17) is 0 Å². The van der Waals surface area contributed by atoms with Crippen molar-refractivity contribution in [3.05, 3.63) is 59.7 Å². The third kappa shape index (κ3) is 5.62. The SMILES string of the molecule is CC(=O)NC(Cc1ccccc1C)C(=O)NC1CCN(C(=O)c2cnccn2)CC1. The Morgan fingerprint density at radius 2 is 1.90 bits per heavy atom. The summed E-state index contributed by atoms with van der Waals surface area (Å²) in [6.45, 7) is 4.46. The number of hydrogen-bond donors (Lipinski definition) is 2. The van der Waals surface area contributed by atoms with E-state index in [0.29, 0.717) is 38.0 Å². The standard InChI is InChI=1S/C22H27N5O3/c1-15-5-3-4-6-17(15)13-19(25-16(2)28)21(29)26-18-7-11-27(12-8-18)22(30)20-14-23-9-10-24-20/h3-6,9-10,14,18-19H,7-8,11-13H2,1-2H3,(H,25,28)(H,26,29). The van der Waals surface area contributed by atoms with Gasteiger partial charge in [-0.05, 0) is 30.9 Å². The minimum Gasteiger partial charge on any atom is -0.351 e. The fraction of sp³-hybridized carbons (Fsp3) is 0.409. The van der Waals surface area contributed by atoms with Crippen LogP contribution in [-0.2, 0) is 16.0 Å². The lowest BCUT2D eigenvalue weighted by atomic mass is 9.99. The van der Waals surface area contributed by atoms with Gasteiger partial charge >= 0.3 is 0 Å². The van der Waals surface area contributed by atoms with Gasteiger partial charge in [0.15, 0.2) is 0 Å². The molecule has 1 fully saturated rings. The minimum atomic E-state index is -0.636. The summed E-state index contributed by atoms with van der Waals surface area (Å²) in [7, 11) is 0. The second-order valence-corrected chi connectivity index (χ2v) is 7.55. The summed E-state index contributed by atoms with van der Waals surface area (Å²) in [6, 6.07) is 7.15. The number of carbonyl (C=O) groups excluding carboxylic acids is 3. The molecule has 1 saturated heterocycles. The van der Waals surface area contributed by atoms with E-state index < -0.39 is 6.04 Å². The van der Waals surface area contributed by atoms with E-state index in [9.17, 15) is 14.4 Å². The molecule has 30 heavy (non-hydrogen) atoms.